The summed E-state index contributed by atoms with van der Waals surface area (Å²) in [7, 11) is 0. The van der Waals surface area contributed by atoms with Crippen molar-refractivity contribution in [2.75, 3.05) is 0 Å². The summed E-state index contributed by atoms with van der Waals surface area (Å²) < 4.78 is 4.11. The number of H-pyrrole nitrogens is 1. The molecular weight excluding hydrogens is 486 g/mol. The Kier molecular flexibility index (Phi) is 8.69. The number of hydrogen-bond acceptors (Lipinski definition) is 5. The number of benzene rings is 1. The molecule has 0 radical (unpaired) electrons. The van der Waals surface area contributed by atoms with Gasteiger partial charge in [0, 0.05) is 35.3 Å². The summed E-state index contributed by atoms with van der Waals surface area (Å²) in [4.78, 5) is 18.8. The molecule has 4 aromatic rings. The Morgan fingerprint density at radius 3 is 2.56 bits per heavy atom. The Morgan fingerprint density at radius 1 is 1.03 bits per heavy atom. The van der Waals surface area contributed by atoms with Crippen LogP contribution >= 0.6 is 0 Å². The molecule has 1 fully saturated rings. The smallest absolute Gasteiger partial charge is 0.295 e. The maximum Gasteiger partial charge on any atom is 0.328 e. The molecular formula is C31H41N7O. The fraction of sp³-hybridized carbons (Fsp3) is 0.516. The van der Waals surface area contributed by atoms with E-state index in [0.717, 1.165) is 53.8 Å². The highest BCUT2D eigenvalue weighted by atomic mass is 16.1. The third-order valence-corrected chi connectivity index (χ3v) is 8.47. The molecule has 1 N–H and O–H groups in total. The Hall–Kier alpha value is -3.55. The molecule has 0 saturated heterocycles. The highest BCUT2D eigenvalue weighted by Gasteiger charge is 2.31. The number of aromatic nitrogens is 7. The molecule has 3 atom stereocenters. The van der Waals surface area contributed by atoms with Crippen molar-refractivity contribution in [3.8, 4) is 22.6 Å². The monoisotopic (exact) mass is 527 g/mol. The molecule has 3 unspecified atom stereocenters. The van der Waals surface area contributed by atoms with Crippen LogP contribution in [0.3, 0.4) is 0 Å². The fourth-order valence-corrected chi connectivity index (χ4v) is 6.33. The molecule has 3 aromatic heterocycles. The molecule has 0 amide bonds. The van der Waals surface area contributed by atoms with Crippen LogP contribution in [0.15, 0.2) is 53.6 Å². The minimum atomic E-state index is 0.128. The Morgan fingerprint density at radius 2 is 1.85 bits per heavy atom. The van der Waals surface area contributed by atoms with Crippen LogP contribution in [0.25, 0.3) is 22.6 Å². The molecule has 206 valence electrons. The molecule has 1 saturated carbocycles. The van der Waals surface area contributed by atoms with Gasteiger partial charge in [-0.15, -0.1) is 10.2 Å². The van der Waals surface area contributed by atoms with Crippen molar-refractivity contribution in [3.05, 3.63) is 70.5 Å². The second-order valence-corrected chi connectivity index (χ2v) is 11.1. The van der Waals surface area contributed by atoms with E-state index >= 15 is 0 Å². The van der Waals surface area contributed by atoms with Crippen LogP contribution in [0.5, 0.6) is 0 Å². The zero-order chi connectivity index (χ0) is 27.2. The first kappa shape index (κ1) is 27.0. The van der Waals surface area contributed by atoms with E-state index in [1.165, 1.54) is 32.1 Å². The topological polar surface area (TPSA) is 94.3 Å². The van der Waals surface area contributed by atoms with E-state index in [-0.39, 0.29) is 11.7 Å². The summed E-state index contributed by atoms with van der Waals surface area (Å²) in [5.74, 6) is 1.59. The third-order valence-electron chi connectivity index (χ3n) is 8.47. The normalized spacial score (nSPS) is 20.0. The van der Waals surface area contributed by atoms with Gasteiger partial charge in [-0.1, -0.05) is 83.2 Å². The van der Waals surface area contributed by atoms with E-state index in [2.05, 4.69) is 58.2 Å². The first-order chi connectivity index (χ1) is 19.1. The minimum Gasteiger partial charge on any atom is -0.295 e. The van der Waals surface area contributed by atoms with Crippen LogP contribution in [0, 0.1) is 11.8 Å². The van der Waals surface area contributed by atoms with E-state index in [1.54, 1.807) is 0 Å². The summed E-state index contributed by atoms with van der Waals surface area (Å²) in [6.07, 6.45) is 14.5. The maximum atomic E-state index is 14.0. The molecule has 0 aliphatic heterocycles. The van der Waals surface area contributed by atoms with Crippen molar-refractivity contribution in [3.63, 3.8) is 0 Å². The number of pyridine rings is 1. The van der Waals surface area contributed by atoms with Gasteiger partial charge in [0.15, 0.2) is 0 Å². The predicted octanol–water partition coefficient (Wildman–Crippen LogP) is 6.45. The minimum absolute atomic E-state index is 0.128. The van der Waals surface area contributed by atoms with Gasteiger partial charge in [-0.25, -0.2) is 4.79 Å². The van der Waals surface area contributed by atoms with Gasteiger partial charge < -0.3 is 0 Å². The number of unbranched alkanes of at least 4 members (excludes halogenated alkanes) is 1. The molecule has 8 heteroatoms. The van der Waals surface area contributed by atoms with Gasteiger partial charge in [-0.3, -0.25) is 14.1 Å². The summed E-state index contributed by atoms with van der Waals surface area (Å²) in [5.41, 5.74) is 4.94. The number of nitrogens with zero attached hydrogens (tertiary/aromatic N) is 6. The van der Waals surface area contributed by atoms with E-state index in [9.17, 15) is 4.79 Å². The van der Waals surface area contributed by atoms with Gasteiger partial charge in [0.25, 0.3) is 0 Å². The van der Waals surface area contributed by atoms with Gasteiger partial charge in [0.2, 0.25) is 5.82 Å². The largest absolute Gasteiger partial charge is 0.328 e. The number of aryl methyl sites for hydroxylation is 1. The molecule has 1 aliphatic carbocycles. The van der Waals surface area contributed by atoms with Gasteiger partial charge in [-0.2, -0.15) is 5.21 Å². The van der Waals surface area contributed by atoms with E-state index < -0.39 is 0 Å². The van der Waals surface area contributed by atoms with Gasteiger partial charge in [0.05, 0.1) is 12.2 Å². The quantitative estimate of drug-likeness (QED) is 0.270. The predicted molar refractivity (Wildman–Crippen MR) is 154 cm³/mol. The van der Waals surface area contributed by atoms with Crippen LogP contribution in [0.1, 0.15) is 89.4 Å². The van der Waals surface area contributed by atoms with Crippen molar-refractivity contribution in [2.45, 2.75) is 91.1 Å². The number of nitrogens with one attached hydrogen (secondary N) is 1. The van der Waals surface area contributed by atoms with Crippen molar-refractivity contribution >= 4 is 0 Å². The highest BCUT2D eigenvalue weighted by Crippen LogP contribution is 2.37. The molecule has 0 spiro atoms. The molecule has 8 nitrogen and oxygen atoms in total. The molecule has 1 aliphatic rings. The Labute approximate surface area is 230 Å². The average Bonchev–Trinajstić information content (AvgIpc) is 3.59. The Balaban J connectivity index is 1.46. The number of hydrogen-bond donors (Lipinski definition) is 1. The first-order valence-electron chi connectivity index (χ1n) is 14.7. The SMILES string of the molecule is CCCCc1cn(C2C(C)CCCCCC2CC)c(=O)n1Cc1ccc(-c2ccccc2-c2nn[nH]n2)nc1. The summed E-state index contributed by atoms with van der Waals surface area (Å²) in [5, 5.41) is 14.5. The fourth-order valence-electron chi connectivity index (χ4n) is 6.33. The average molecular weight is 528 g/mol. The first-order valence-corrected chi connectivity index (χ1v) is 14.7. The number of imidazole rings is 1. The Bertz CT molecular complexity index is 1390. The van der Waals surface area contributed by atoms with Crippen molar-refractivity contribution in [2.24, 2.45) is 11.8 Å². The second-order valence-electron chi connectivity index (χ2n) is 11.1. The summed E-state index contributed by atoms with van der Waals surface area (Å²) >= 11 is 0. The van der Waals surface area contributed by atoms with E-state index in [4.69, 9.17) is 4.98 Å². The zero-order valence-electron chi connectivity index (χ0n) is 23.5. The lowest BCUT2D eigenvalue weighted by Crippen LogP contribution is -2.35. The lowest BCUT2D eigenvalue weighted by Gasteiger charge is -2.34. The third kappa shape index (κ3) is 5.89. The van der Waals surface area contributed by atoms with Crippen LogP contribution in [-0.4, -0.2) is 34.7 Å². The lowest BCUT2D eigenvalue weighted by molar-refractivity contribution is 0.187. The number of tetrazole rings is 1. The van der Waals surface area contributed by atoms with E-state index in [0.29, 0.717) is 24.2 Å². The number of rotatable bonds is 9. The van der Waals surface area contributed by atoms with Crippen LogP contribution in [0.2, 0.25) is 0 Å². The van der Waals surface area contributed by atoms with Crippen LogP contribution in [-0.2, 0) is 13.0 Å². The van der Waals surface area contributed by atoms with E-state index in [1.807, 2.05) is 41.1 Å². The highest BCUT2D eigenvalue weighted by molar-refractivity contribution is 5.78. The van der Waals surface area contributed by atoms with Crippen LogP contribution in [0.4, 0.5) is 0 Å². The maximum absolute atomic E-state index is 14.0. The molecule has 1 aromatic carbocycles. The lowest BCUT2D eigenvalue weighted by atomic mass is 9.79. The van der Waals surface area contributed by atoms with Gasteiger partial charge in [0.1, 0.15) is 0 Å². The molecule has 39 heavy (non-hydrogen) atoms. The van der Waals surface area contributed by atoms with Crippen molar-refractivity contribution in [1.82, 2.24) is 34.7 Å². The van der Waals surface area contributed by atoms with Crippen LogP contribution < -0.4 is 5.69 Å². The standard InChI is InChI=1S/C31H41N7O/c1-4-6-14-25-21-38(29-22(3)12-8-7-9-13-24(29)5-2)31(39)37(25)20-23-17-18-28(32-19-23)26-15-10-11-16-27(26)30-33-35-36-34-30/h10-11,15-19,21-22,24,29H,4-9,12-14,20H2,1-3H3,(H,33,34,35,36). The van der Waals surface area contributed by atoms with Gasteiger partial charge >= 0.3 is 5.69 Å². The van der Waals surface area contributed by atoms with Crippen molar-refractivity contribution < 1.29 is 0 Å². The second kappa shape index (κ2) is 12.5. The number of aromatic amines is 1. The summed E-state index contributed by atoms with van der Waals surface area (Å²) in [6.45, 7) is 7.38. The molecule has 3 heterocycles. The zero-order valence-corrected chi connectivity index (χ0v) is 23.5. The molecule has 5 rings (SSSR count). The van der Waals surface area contributed by atoms with Crippen molar-refractivity contribution in [1.29, 1.82) is 0 Å². The molecule has 0 bridgehead atoms. The van der Waals surface area contributed by atoms with Gasteiger partial charge in [-0.05, 0) is 54.4 Å². The summed E-state index contributed by atoms with van der Waals surface area (Å²) in [6, 6.07) is 12.3.